The summed E-state index contributed by atoms with van der Waals surface area (Å²) in [4.78, 5) is 22.8. The smallest absolute Gasteiger partial charge is 0.256 e. The van der Waals surface area contributed by atoms with E-state index in [1.54, 1.807) is 6.20 Å². The first-order valence-electron chi connectivity index (χ1n) is 11.5. The van der Waals surface area contributed by atoms with Gasteiger partial charge in [0, 0.05) is 25.0 Å². The number of amides is 1. The minimum atomic E-state index is -0.0657. The van der Waals surface area contributed by atoms with Crippen molar-refractivity contribution in [3.05, 3.63) is 65.0 Å². The van der Waals surface area contributed by atoms with Gasteiger partial charge >= 0.3 is 0 Å². The van der Waals surface area contributed by atoms with Crippen molar-refractivity contribution in [2.24, 2.45) is 0 Å². The molecule has 2 saturated heterocycles. The van der Waals surface area contributed by atoms with Crippen LogP contribution in [0.25, 0.3) is 0 Å². The molecule has 3 heterocycles. The Hall–Kier alpha value is -2.24. The van der Waals surface area contributed by atoms with Crippen LogP contribution in [0.2, 0.25) is 0 Å². The lowest BCUT2D eigenvalue weighted by atomic mass is 9.94. The van der Waals surface area contributed by atoms with Gasteiger partial charge in [0.05, 0.1) is 24.3 Å². The number of likely N-dealkylation sites (tertiary alicyclic amines) is 1. The molecular weight excluding hydrogens is 374 g/mol. The van der Waals surface area contributed by atoms with Crippen molar-refractivity contribution in [3.8, 4) is 0 Å². The summed E-state index contributed by atoms with van der Waals surface area (Å²) in [7, 11) is 0. The Balaban J connectivity index is 1.44. The molecule has 1 aromatic heterocycles. The van der Waals surface area contributed by atoms with Crippen molar-refractivity contribution in [1.82, 2.24) is 14.8 Å². The van der Waals surface area contributed by atoms with Crippen LogP contribution in [0.1, 0.15) is 58.9 Å². The Morgan fingerprint density at radius 3 is 2.67 bits per heavy atom. The quantitative estimate of drug-likeness (QED) is 0.779. The third kappa shape index (κ3) is 4.01. The third-order valence-electron chi connectivity index (χ3n) is 6.81. The molecule has 0 saturated carbocycles. The average molecular weight is 406 g/mol. The zero-order valence-electron chi connectivity index (χ0n) is 17.6. The predicted octanol–water partition coefficient (Wildman–Crippen LogP) is 3.64. The van der Waals surface area contributed by atoms with Gasteiger partial charge in [-0.25, -0.2) is 0 Å². The maximum atomic E-state index is 13.7. The van der Waals surface area contributed by atoms with Crippen LogP contribution in [-0.4, -0.2) is 59.6 Å². The summed E-state index contributed by atoms with van der Waals surface area (Å²) >= 11 is 0. The zero-order valence-corrected chi connectivity index (χ0v) is 17.6. The van der Waals surface area contributed by atoms with Crippen molar-refractivity contribution in [2.75, 3.05) is 32.8 Å². The van der Waals surface area contributed by atoms with E-state index >= 15 is 0 Å². The van der Waals surface area contributed by atoms with Crippen molar-refractivity contribution in [1.29, 1.82) is 0 Å². The normalized spacial score (nSPS) is 24.6. The summed E-state index contributed by atoms with van der Waals surface area (Å²) in [5.41, 5.74) is 4.30. The van der Waals surface area contributed by atoms with Gasteiger partial charge in [-0.05, 0) is 68.8 Å². The first kappa shape index (κ1) is 19.7. The van der Waals surface area contributed by atoms with Gasteiger partial charge in [-0.2, -0.15) is 0 Å². The minimum Gasteiger partial charge on any atom is -0.373 e. The lowest BCUT2D eigenvalue weighted by Crippen LogP contribution is -2.51. The number of morpholine rings is 1. The maximum absolute atomic E-state index is 13.7. The SMILES string of the molecule is O=C(c1cnc2c(c1)CCCC2)N1CCO[C@@H](CN2CCCC2)[C@@H]1c1ccccc1. The van der Waals surface area contributed by atoms with E-state index in [2.05, 4.69) is 40.2 Å². The summed E-state index contributed by atoms with van der Waals surface area (Å²) in [5, 5.41) is 0. The Morgan fingerprint density at radius 2 is 1.83 bits per heavy atom. The maximum Gasteiger partial charge on any atom is 0.256 e. The summed E-state index contributed by atoms with van der Waals surface area (Å²) in [5.74, 6) is 0.0828. The number of carbonyl (C=O) groups excluding carboxylic acids is 1. The Labute approximate surface area is 179 Å². The highest BCUT2D eigenvalue weighted by atomic mass is 16.5. The van der Waals surface area contributed by atoms with Crippen LogP contribution in [0.3, 0.4) is 0 Å². The highest BCUT2D eigenvalue weighted by Crippen LogP contribution is 2.32. The van der Waals surface area contributed by atoms with Crippen LogP contribution < -0.4 is 0 Å². The van der Waals surface area contributed by atoms with Crippen molar-refractivity contribution < 1.29 is 9.53 Å². The molecule has 2 aromatic rings. The van der Waals surface area contributed by atoms with Crippen molar-refractivity contribution in [3.63, 3.8) is 0 Å². The summed E-state index contributed by atoms with van der Waals surface area (Å²) < 4.78 is 6.26. The van der Waals surface area contributed by atoms with Crippen LogP contribution in [0.15, 0.2) is 42.6 Å². The molecule has 1 aromatic carbocycles. The van der Waals surface area contributed by atoms with Gasteiger partial charge in [-0.3, -0.25) is 9.78 Å². The fourth-order valence-corrected chi connectivity index (χ4v) is 5.25. The number of hydrogen-bond acceptors (Lipinski definition) is 4. The van der Waals surface area contributed by atoms with E-state index in [9.17, 15) is 4.79 Å². The lowest BCUT2D eigenvalue weighted by molar-refractivity contribution is -0.0707. The highest BCUT2D eigenvalue weighted by molar-refractivity contribution is 5.94. The predicted molar refractivity (Wildman–Crippen MR) is 117 cm³/mol. The number of rotatable bonds is 4. The van der Waals surface area contributed by atoms with E-state index in [1.807, 2.05) is 11.0 Å². The Kier molecular flexibility index (Phi) is 5.82. The molecule has 2 atom stereocenters. The number of ether oxygens (including phenoxy) is 1. The molecular formula is C25H31N3O2. The first-order valence-corrected chi connectivity index (χ1v) is 11.5. The number of pyridine rings is 1. The monoisotopic (exact) mass is 405 g/mol. The second kappa shape index (κ2) is 8.86. The van der Waals surface area contributed by atoms with E-state index in [0.29, 0.717) is 13.2 Å². The van der Waals surface area contributed by atoms with Crippen LogP contribution >= 0.6 is 0 Å². The molecule has 0 N–H and O–H groups in total. The molecule has 5 rings (SSSR count). The fraction of sp³-hybridized carbons (Fsp3) is 0.520. The second-order valence-corrected chi connectivity index (χ2v) is 8.81. The van der Waals surface area contributed by atoms with Gasteiger partial charge in [0.1, 0.15) is 0 Å². The van der Waals surface area contributed by atoms with Crippen LogP contribution in [-0.2, 0) is 17.6 Å². The molecule has 0 bridgehead atoms. The molecule has 1 aliphatic carbocycles. The molecule has 30 heavy (non-hydrogen) atoms. The molecule has 0 unspecified atom stereocenters. The van der Waals surface area contributed by atoms with E-state index in [-0.39, 0.29) is 18.1 Å². The van der Waals surface area contributed by atoms with E-state index < -0.39 is 0 Å². The zero-order chi connectivity index (χ0) is 20.3. The fourth-order valence-electron chi connectivity index (χ4n) is 5.25. The van der Waals surface area contributed by atoms with Gasteiger partial charge < -0.3 is 14.5 Å². The highest BCUT2D eigenvalue weighted by Gasteiger charge is 2.38. The molecule has 0 radical (unpaired) electrons. The van der Waals surface area contributed by atoms with Gasteiger partial charge in [0.2, 0.25) is 0 Å². The van der Waals surface area contributed by atoms with Crippen molar-refractivity contribution in [2.45, 2.75) is 50.7 Å². The van der Waals surface area contributed by atoms with Crippen LogP contribution in [0, 0.1) is 0 Å². The summed E-state index contributed by atoms with van der Waals surface area (Å²) in [6, 6.07) is 12.4. The number of fused-ring (bicyclic) bond motifs is 1. The molecule has 1 amide bonds. The molecule has 158 valence electrons. The lowest BCUT2D eigenvalue weighted by Gasteiger charge is -2.43. The molecule has 5 heteroatoms. The van der Waals surface area contributed by atoms with Gasteiger partial charge in [0.25, 0.3) is 5.91 Å². The summed E-state index contributed by atoms with van der Waals surface area (Å²) in [6.45, 7) is 4.35. The van der Waals surface area contributed by atoms with Gasteiger partial charge in [-0.15, -0.1) is 0 Å². The first-order chi connectivity index (χ1) is 14.8. The van der Waals surface area contributed by atoms with Crippen LogP contribution in [0.5, 0.6) is 0 Å². The molecule has 5 nitrogen and oxygen atoms in total. The third-order valence-corrected chi connectivity index (χ3v) is 6.81. The second-order valence-electron chi connectivity index (χ2n) is 8.81. The van der Waals surface area contributed by atoms with Crippen LogP contribution in [0.4, 0.5) is 0 Å². The van der Waals surface area contributed by atoms with E-state index in [1.165, 1.54) is 36.9 Å². The Bertz CT molecular complexity index is 879. The number of hydrogen-bond donors (Lipinski definition) is 0. The number of nitrogens with zero attached hydrogens (tertiary/aromatic N) is 3. The Morgan fingerprint density at radius 1 is 1.03 bits per heavy atom. The van der Waals surface area contributed by atoms with E-state index in [4.69, 9.17) is 4.74 Å². The number of carbonyl (C=O) groups is 1. The standard InChI is InChI=1S/C25H31N3O2/c29-25(21-16-20-10-4-5-11-22(20)26-17-21)28-14-15-30-23(18-27-12-6-7-13-27)24(28)19-8-2-1-3-9-19/h1-3,8-9,16-17,23-24H,4-7,10-15,18H2/t23-,24-/m0/s1. The van der Waals surface area contributed by atoms with Gasteiger partial charge in [0.15, 0.2) is 0 Å². The van der Waals surface area contributed by atoms with E-state index in [0.717, 1.165) is 43.6 Å². The minimum absolute atomic E-state index is 0.00575. The van der Waals surface area contributed by atoms with Gasteiger partial charge in [-0.1, -0.05) is 30.3 Å². The topological polar surface area (TPSA) is 45.7 Å². The number of aryl methyl sites for hydroxylation is 2. The molecule has 3 aliphatic rings. The summed E-state index contributed by atoms with van der Waals surface area (Å²) in [6.07, 6.45) is 8.75. The number of benzene rings is 1. The number of aromatic nitrogens is 1. The largest absolute Gasteiger partial charge is 0.373 e. The van der Waals surface area contributed by atoms with Crippen molar-refractivity contribution >= 4 is 5.91 Å². The molecule has 2 fully saturated rings. The average Bonchev–Trinajstić information content (AvgIpc) is 3.32. The molecule has 0 spiro atoms. The molecule has 2 aliphatic heterocycles.